The first kappa shape index (κ1) is 13.8. The lowest BCUT2D eigenvalue weighted by Gasteiger charge is -2.59. The molecular weight excluding hydrogens is 261 g/mol. The lowest BCUT2D eigenvalue weighted by atomic mass is 9.47. The van der Waals surface area contributed by atoms with Crippen LogP contribution >= 0.6 is 0 Å². The van der Waals surface area contributed by atoms with Crippen LogP contribution in [-0.2, 0) is 6.42 Å². The Morgan fingerprint density at radius 2 is 1.76 bits per heavy atom. The highest BCUT2D eigenvalue weighted by molar-refractivity contribution is 5.19. The van der Waals surface area contributed by atoms with Crippen molar-refractivity contribution >= 4 is 0 Å². The lowest BCUT2D eigenvalue weighted by Crippen LogP contribution is -2.56. The molecule has 1 atom stereocenters. The molecule has 0 amide bonds. The van der Waals surface area contributed by atoms with E-state index in [4.69, 9.17) is 0 Å². The summed E-state index contributed by atoms with van der Waals surface area (Å²) in [6.07, 6.45) is 9.63. The van der Waals surface area contributed by atoms with Gasteiger partial charge in [-0.15, -0.1) is 0 Å². The second kappa shape index (κ2) is 5.08. The van der Waals surface area contributed by atoms with Gasteiger partial charge in [-0.2, -0.15) is 0 Å². The molecule has 1 nitrogen and oxygen atoms in total. The zero-order valence-corrected chi connectivity index (χ0v) is 12.9. The van der Waals surface area contributed by atoms with Crippen LogP contribution in [-0.4, -0.2) is 13.1 Å². The molecule has 4 aliphatic rings. The Balaban J connectivity index is 1.58. The maximum Gasteiger partial charge on any atom is 0.123 e. The maximum atomic E-state index is 13.5. The van der Waals surface area contributed by atoms with E-state index in [-0.39, 0.29) is 5.82 Å². The quantitative estimate of drug-likeness (QED) is 0.876. The lowest BCUT2D eigenvalue weighted by molar-refractivity contribution is -0.0724. The van der Waals surface area contributed by atoms with Crippen LogP contribution in [0.25, 0.3) is 0 Å². The van der Waals surface area contributed by atoms with Crippen molar-refractivity contribution in [2.24, 2.45) is 23.2 Å². The highest BCUT2D eigenvalue weighted by Gasteiger charge is 2.53. The molecule has 4 fully saturated rings. The topological polar surface area (TPSA) is 12.0 Å². The van der Waals surface area contributed by atoms with Gasteiger partial charge in [-0.25, -0.2) is 4.39 Å². The van der Waals surface area contributed by atoms with Gasteiger partial charge < -0.3 is 5.32 Å². The summed E-state index contributed by atoms with van der Waals surface area (Å²) >= 11 is 0. The minimum absolute atomic E-state index is 0.104. The number of hydrogen-bond acceptors (Lipinski definition) is 1. The summed E-state index contributed by atoms with van der Waals surface area (Å²) in [6.45, 7) is 0. The van der Waals surface area contributed by atoms with E-state index in [9.17, 15) is 4.39 Å². The first-order valence-electron chi connectivity index (χ1n) is 8.58. The second-order valence-corrected chi connectivity index (χ2v) is 7.96. The standard InChI is InChI=1S/C19H26FN/c1-21-18(9-13-3-2-4-17(20)8-13)19-10-14-5-15(11-19)7-16(6-14)12-19/h2-4,8,14-16,18,21H,5-7,9-12H2,1H3. The molecule has 2 heteroatoms. The monoisotopic (exact) mass is 287 g/mol. The summed E-state index contributed by atoms with van der Waals surface area (Å²) in [5.41, 5.74) is 1.63. The molecule has 1 aromatic carbocycles. The molecule has 4 aliphatic carbocycles. The van der Waals surface area contributed by atoms with Gasteiger partial charge in [0.15, 0.2) is 0 Å². The number of benzene rings is 1. The van der Waals surface area contributed by atoms with Gasteiger partial charge in [0.2, 0.25) is 0 Å². The molecule has 4 bridgehead atoms. The third kappa shape index (κ3) is 2.42. The van der Waals surface area contributed by atoms with Crippen molar-refractivity contribution in [3.05, 3.63) is 35.6 Å². The van der Waals surface area contributed by atoms with Crippen LogP contribution in [0.4, 0.5) is 4.39 Å². The summed E-state index contributed by atoms with van der Waals surface area (Å²) in [4.78, 5) is 0. The fraction of sp³-hybridized carbons (Fsp3) is 0.684. The molecular formula is C19H26FN. The van der Waals surface area contributed by atoms with E-state index in [1.807, 2.05) is 6.07 Å². The van der Waals surface area contributed by atoms with Crippen LogP contribution in [0, 0.1) is 29.0 Å². The van der Waals surface area contributed by atoms with Crippen LogP contribution in [0.5, 0.6) is 0 Å². The Morgan fingerprint density at radius 1 is 1.14 bits per heavy atom. The number of halogens is 1. The van der Waals surface area contributed by atoms with E-state index in [1.165, 1.54) is 38.5 Å². The van der Waals surface area contributed by atoms with Crippen LogP contribution < -0.4 is 5.32 Å². The van der Waals surface area contributed by atoms with E-state index in [0.29, 0.717) is 11.5 Å². The zero-order chi connectivity index (χ0) is 14.4. The Morgan fingerprint density at radius 3 is 2.29 bits per heavy atom. The second-order valence-electron chi connectivity index (χ2n) is 7.96. The van der Waals surface area contributed by atoms with Gasteiger partial charge in [0.05, 0.1) is 0 Å². The third-order valence-corrected chi connectivity index (χ3v) is 6.50. The first-order chi connectivity index (χ1) is 10.2. The fourth-order valence-corrected chi connectivity index (χ4v) is 6.13. The molecule has 0 spiro atoms. The van der Waals surface area contributed by atoms with Crippen molar-refractivity contribution in [2.75, 3.05) is 7.05 Å². The predicted molar refractivity (Wildman–Crippen MR) is 83.6 cm³/mol. The molecule has 0 heterocycles. The largest absolute Gasteiger partial charge is 0.316 e. The number of rotatable bonds is 4. The molecule has 0 aromatic heterocycles. The minimum Gasteiger partial charge on any atom is -0.316 e. The Hall–Kier alpha value is -0.890. The summed E-state index contributed by atoms with van der Waals surface area (Å²) in [5.74, 6) is 2.81. The number of likely N-dealkylation sites (N-methyl/N-ethyl adjacent to an activating group) is 1. The van der Waals surface area contributed by atoms with Crippen molar-refractivity contribution in [1.82, 2.24) is 5.32 Å². The van der Waals surface area contributed by atoms with Gasteiger partial charge in [0.25, 0.3) is 0 Å². The van der Waals surface area contributed by atoms with Gasteiger partial charge in [-0.05, 0) is 92.9 Å². The highest BCUT2D eigenvalue weighted by atomic mass is 19.1. The summed E-state index contributed by atoms with van der Waals surface area (Å²) < 4.78 is 13.5. The van der Waals surface area contributed by atoms with Crippen LogP contribution in [0.15, 0.2) is 24.3 Å². The van der Waals surface area contributed by atoms with Gasteiger partial charge >= 0.3 is 0 Å². The molecule has 114 valence electrons. The molecule has 1 N–H and O–H groups in total. The predicted octanol–water partition coefficient (Wildman–Crippen LogP) is 4.17. The Kier molecular flexibility index (Phi) is 3.33. The average molecular weight is 287 g/mol. The SMILES string of the molecule is CNC(Cc1cccc(F)c1)C12CC3CC(CC(C3)C1)C2. The third-order valence-electron chi connectivity index (χ3n) is 6.50. The van der Waals surface area contributed by atoms with Gasteiger partial charge in [0.1, 0.15) is 5.82 Å². The zero-order valence-electron chi connectivity index (χ0n) is 12.9. The average Bonchev–Trinajstić information content (AvgIpc) is 2.43. The van der Waals surface area contributed by atoms with Crippen molar-refractivity contribution in [2.45, 2.75) is 51.0 Å². The van der Waals surface area contributed by atoms with Gasteiger partial charge in [-0.1, -0.05) is 12.1 Å². The van der Waals surface area contributed by atoms with Crippen molar-refractivity contribution in [1.29, 1.82) is 0 Å². The van der Waals surface area contributed by atoms with Crippen LogP contribution in [0.1, 0.15) is 44.1 Å². The summed E-state index contributed by atoms with van der Waals surface area (Å²) in [6, 6.07) is 7.69. The number of nitrogens with one attached hydrogen (secondary N) is 1. The van der Waals surface area contributed by atoms with E-state index < -0.39 is 0 Å². The highest BCUT2D eigenvalue weighted by Crippen LogP contribution is 2.61. The summed E-state index contributed by atoms with van der Waals surface area (Å²) in [5, 5.41) is 3.60. The van der Waals surface area contributed by atoms with Crippen molar-refractivity contribution < 1.29 is 4.39 Å². The molecule has 0 aliphatic heterocycles. The molecule has 21 heavy (non-hydrogen) atoms. The molecule has 1 unspecified atom stereocenters. The van der Waals surface area contributed by atoms with Crippen molar-refractivity contribution in [3.8, 4) is 0 Å². The van der Waals surface area contributed by atoms with Gasteiger partial charge in [-0.3, -0.25) is 0 Å². The molecule has 4 saturated carbocycles. The van der Waals surface area contributed by atoms with E-state index in [1.54, 1.807) is 12.1 Å². The normalized spacial score (nSPS) is 38.7. The van der Waals surface area contributed by atoms with E-state index >= 15 is 0 Å². The molecule has 0 radical (unpaired) electrons. The minimum atomic E-state index is -0.104. The maximum absolute atomic E-state index is 13.5. The fourth-order valence-electron chi connectivity index (χ4n) is 6.13. The van der Waals surface area contributed by atoms with E-state index in [2.05, 4.69) is 18.4 Å². The van der Waals surface area contributed by atoms with Crippen LogP contribution in [0.2, 0.25) is 0 Å². The molecule has 5 rings (SSSR count). The Bertz CT molecular complexity index is 489. The van der Waals surface area contributed by atoms with E-state index in [0.717, 1.165) is 29.7 Å². The van der Waals surface area contributed by atoms with Crippen LogP contribution in [0.3, 0.4) is 0 Å². The smallest absolute Gasteiger partial charge is 0.123 e. The van der Waals surface area contributed by atoms with Gasteiger partial charge in [0, 0.05) is 6.04 Å². The van der Waals surface area contributed by atoms with Crippen molar-refractivity contribution in [3.63, 3.8) is 0 Å². The Labute approximate surface area is 127 Å². The molecule has 1 aromatic rings. The number of hydrogen-bond donors (Lipinski definition) is 1. The summed E-state index contributed by atoms with van der Waals surface area (Å²) in [7, 11) is 2.10. The molecule has 0 saturated heterocycles. The first-order valence-corrected chi connectivity index (χ1v) is 8.58.